The number of fused-ring (bicyclic) bond motifs is 1. The molecule has 0 saturated carbocycles. The zero-order chi connectivity index (χ0) is 12.8. The van der Waals surface area contributed by atoms with Gasteiger partial charge in [0.15, 0.2) is 5.65 Å². The third kappa shape index (κ3) is 2.00. The van der Waals surface area contributed by atoms with Crippen LogP contribution in [0, 0.1) is 13.8 Å². The smallest absolute Gasteiger partial charge is 0.160 e. The Morgan fingerprint density at radius 3 is 2.56 bits per heavy atom. The Balaban J connectivity index is 1.90. The highest BCUT2D eigenvalue weighted by molar-refractivity contribution is 5.45. The summed E-state index contributed by atoms with van der Waals surface area (Å²) in [7, 11) is 0. The van der Waals surface area contributed by atoms with Gasteiger partial charge in [-0.15, -0.1) is 0 Å². The number of nitrogens with one attached hydrogen (secondary N) is 1. The summed E-state index contributed by atoms with van der Waals surface area (Å²) in [6, 6.07) is 0. The summed E-state index contributed by atoms with van der Waals surface area (Å²) >= 11 is 0. The Bertz CT molecular complexity index is 586. The van der Waals surface area contributed by atoms with Crippen LogP contribution in [0.3, 0.4) is 0 Å². The van der Waals surface area contributed by atoms with Gasteiger partial charge in [0.25, 0.3) is 0 Å². The number of aromatic nitrogens is 3. The first-order chi connectivity index (χ1) is 8.56. The number of ether oxygens (including phenoxy) is 1. The van der Waals surface area contributed by atoms with Crippen molar-refractivity contribution in [1.82, 2.24) is 19.7 Å². The third-order valence-electron chi connectivity index (χ3n) is 3.27. The van der Waals surface area contributed by atoms with Crippen molar-refractivity contribution in [2.24, 2.45) is 0 Å². The molecule has 3 heterocycles. The molecule has 2 aromatic rings. The van der Waals surface area contributed by atoms with Gasteiger partial charge in [0.05, 0.1) is 35.8 Å². The van der Waals surface area contributed by atoms with Gasteiger partial charge in [-0.25, -0.2) is 4.98 Å². The number of hydrogen-bond acceptors (Lipinski definition) is 4. The van der Waals surface area contributed by atoms with E-state index in [1.165, 1.54) is 0 Å². The highest BCUT2D eigenvalue weighted by atomic mass is 16.5. The van der Waals surface area contributed by atoms with Crippen LogP contribution in [0.1, 0.15) is 24.0 Å². The van der Waals surface area contributed by atoms with Crippen LogP contribution in [-0.2, 0) is 11.3 Å². The summed E-state index contributed by atoms with van der Waals surface area (Å²) in [5.74, 6) is 0. The Kier molecular flexibility index (Phi) is 2.60. The number of hydrogen-bond donors (Lipinski definition) is 1. The minimum Gasteiger partial charge on any atom is -0.377 e. The average molecular weight is 246 g/mol. The Hall–Kier alpha value is -1.46. The van der Waals surface area contributed by atoms with E-state index in [9.17, 15) is 0 Å². The molecule has 1 fully saturated rings. The molecule has 3 rings (SSSR count). The van der Waals surface area contributed by atoms with Gasteiger partial charge < -0.3 is 14.5 Å². The van der Waals surface area contributed by atoms with Gasteiger partial charge in [-0.1, -0.05) is 0 Å². The van der Waals surface area contributed by atoms with E-state index in [1.54, 1.807) is 0 Å². The highest BCUT2D eigenvalue weighted by Crippen LogP contribution is 2.17. The fourth-order valence-corrected chi connectivity index (χ4v) is 2.25. The molecule has 2 aromatic heterocycles. The summed E-state index contributed by atoms with van der Waals surface area (Å²) in [5.41, 5.74) is 4.04. The van der Waals surface area contributed by atoms with Crippen LogP contribution >= 0.6 is 0 Å². The molecule has 0 aliphatic carbocycles. The van der Waals surface area contributed by atoms with E-state index in [0.717, 1.165) is 42.5 Å². The molecule has 1 saturated heterocycles. The molecule has 0 amide bonds. The fraction of sp³-hybridized carbons (Fsp3) is 0.538. The van der Waals surface area contributed by atoms with Crippen molar-refractivity contribution < 1.29 is 4.74 Å². The van der Waals surface area contributed by atoms with Crippen LogP contribution in [0.25, 0.3) is 5.65 Å². The highest BCUT2D eigenvalue weighted by Gasteiger charge is 2.32. The first kappa shape index (κ1) is 11.6. The van der Waals surface area contributed by atoms with Crippen molar-refractivity contribution >= 4 is 5.65 Å². The lowest BCUT2D eigenvalue weighted by Crippen LogP contribution is -2.57. The fourth-order valence-electron chi connectivity index (χ4n) is 2.25. The maximum absolute atomic E-state index is 5.24. The summed E-state index contributed by atoms with van der Waals surface area (Å²) in [5, 5.41) is 3.50. The number of rotatable bonds is 3. The molecular formula is C13H18N4O. The standard InChI is InChI=1S/C13H18N4O/c1-9-5-17-6-10(2)16-12(17)11(15-9)4-14-13(3)7-18-8-13/h5-6,14H,4,7-8H2,1-3H3. The van der Waals surface area contributed by atoms with Crippen LogP contribution in [0.2, 0.25) is 0 Å². The van der Waals surface area contributed by atoms with Crippen LogP contribution in [0.15, 0.2) is 12.4 Å². The summed E-state index contributed by atoms with van der Waals surface area (Å²) in [4.78, 5) is 9.12. The summed E-state index contributed by atoms with van der Waals surface area (Å²) in [6.45, 7) is 8.43. The molecule has 0 bridgehead atoms. The van der Waals surface area contributed by atoms with E-state index in [0.29, 0.717) is 0 Å². The van der Waals surface area contributed by atoms with Crippen molar-refractivity contribution in [3.05, 3.63) is 29.5 Å². The molecule has 96 valence electrons. The Morgan fingerprint density at radius 2 is 1.94 bits per heavy atom. The monoisotopic (exact) mass is 246 g/mol. The Labute approximate surface area is 106 Å². The first-order valence-corrected chi connectivity index (χ1v) is 6.20. The zero-order valence-corrected chi connectivity index (χ0v) is 11.0. The van der Waals surface area contributed by atoms with E-state index in [-0.39, 0.29) is 5.54 Å². The second-order valence-electron chi connectivity index (χ2n) is 5.35. The largest absolute Gasteiger partial charge is 0.377 e. The van der Waals surface area contributed by atoms with E-state index in [1.807, 2.05) is 30.6 Å². The minimum atomic E-state index is 0.0874. The van der Waals surface area contributed by atoms with Gasteiger partial charge >= 0.3 is 0 Å². The van der Waals surface area contributed by atoms with Crippen LogP contribution in [0.4, 0.5) is 0 Å². The molecule has 0 aromatic carbocycles. The SMILES string of the molecule is Cc1cn2cc(C)nc2c(CNC2(C)COC2)n1. The Morgan fingerprint density at radius 1 is 1.28 bits per heavy atom. The van der Waals surface area contributed by atoms with Crippen molar-refractivity contribution in [3.63, 3.8) is 0 Å². The van der Waals surface area contributed by atoms with E-state index >= 15 is 0 Å². The first-order valence-electron chi connectivity index (χ1n) is 6.20. The lowest BCUT2D eigenvalue weighted by Gasteiger charge is -2.38. The van der Waals surface area contributed by atoms with Crippen molar-refractivity contribution in [2.45, 2.75) is 32.9 Å². The van der Waals surface area contributed by atoms with Gasteiger partial charge in [0.1, 0.15) is 0 Å². The summed E-state index contributed by atoms with van der Waals surface area (Å²) < 4.78 is 7.29. The van der Waals surface area contributed by atoms with Crippen molar-refractivity contribution in [2.75, 3.05) is 13.2 Å². The third-order valence-corrected chi connectivity index (χ3v) is 3.27. The molecule has 1 N–H and O–H groups in total. The molecule has 0 atom stereocenters. The maximum Gasteiger partial charge on any atom is 0.160 e. The molecule has 18 heavy (non-hydrogen) atoms. The van der Waals surface area contributed by atoms with Gasteiger partial charge in [-0.05, 0) is 20.8 Å². The molecule has 1 aliphatic rings. The second-order valence-corrected chi connectivity index (χ2v) is 5.35. The van der Waals surface area contributed by atoms with E-state index in [4.69, 9.17) is 4.74 Å². The van der Waals surface area contributed by atoms with Gasteiger partial charge in [0, 0.05) is 18.9 Å². The molecule has 5 heteroatoms. The number of imidazole rings is 1. The van der Waals surface area contributed by atoms with Crippen molar-refractivity contribution in [3.8, 4) is 0 Å². The molecule has 1 aliphatic heterocycles. The average Bonchev–Trinajstić information content (AvgIpc) is 2.63. The van der Waals surface area contributed by atoms with Crippen LogP contribution < -0.4 is 5.32 Å². The van der Waals surface area contributed by atoms with Gasteiger partial charge in [-0.2, -0.15) is 0 Å². The lowest BCUT2D eigenvalue weighted by atomic mass is 10.0. The molecule has 0 radical (unpaired) electrons. The van der Waals surface area contributed by atoms with Gasteiger partial charge in [-0.3, -0.25) is 4.98 Å². The topological polar surface area (TPSA) is 51.5 Å². The van der Waals surface area contributed by atoms with E-state index in [2.05, 4.69) is 22.2 Å². The predicted molar refractivity (Wildman–Crippen MR) is 68.5 cm³/mol. The zero-order valence-electron chi connectivity index (χ0n) is 11.0. The van der Waals surface area contributed by atoms with Gasteiger partial charge in [0.2, 0.25) is 0 Å². The van der Waals surface area contributed by atoms with Crippen molar-refractivity contribution in [1.29, 1.82) is 0 Å². The quantitative estimate of drug-likeness (QED) is 0.885. The molecule has 5 nitrogen and oxygen atoms in total. The molecular weight excluding hydrogens is 228 g/mol. The number of nitrogens with zero attached hydrogens (tertiary/aromatic N) is 3. The second kappa shape index (κ2) is 4.03. The van der Waals surface area contributed by atoms with E-state index < -0.39 is 0 Å². The van der Waals surface area contributed by atoms with Crippen LogP contribution in [-0.4, -0.2) is 33.1 Å². The maximum atomic E-state index is 5.24. The predicted octanol–water partition coefficient (Wildman–Crippen LogP) is 1.22. The summed E-state index contributed by atoms with van der Waals surface area (Å²) in [6.07, 6.45) is 4.04. The molecule has 0 unspecified atom stereocenters. The minimum absolute atomic E-state index is 0.0874. The number of aryl methyl sites for hydroxylation is 2. The van der Waals surface area contributed by atoms with Crippen LogP contribution in [0.5, 0.6) is 0 Å². The molecule has 0 spiro atoms. The lowest BCUT2D eigenvalue weighted by molar-refractivity contribution is -0.0650. The normalized spacial score (nSPS) is 17.9.